The molecular formula is C25H27N3O4S. The second kappa shape index (κ2) is 8.33. The van der Waals surface area contributed by atoms with Crippen LogP contribution in [0, 0.1) is 0 Å². The molecule has 0 spiro atoms. The molecule has 0 saturated carbocycles. The maximum absolute atomic E-state index is 13.8. The highest BCUT2D eigenvalue weighted by atomic mass is 32.2. The fraction of sp³-hybridized carbons (Fsp3) is 0.360. The third-order valence-electron chi connectivity index (χ3n) is 6.62. The van der Waals surface area contributed by atoms with Gasteiger partial charge in [-0.05, 0) is 74.4 Å². The molecule has 3 aromatic rings. The molecule has 1 aliphatic heterocycles. The van der Waals surface area contributed by atoms with Crippen LogP contribution in [0.3, 0.4) is 0 Å². The van der Waals surface area contributed by atoms with Gasteiger partial charge in [0.15, 0.2) is 0 Å². The lowest BCUT2D eigenvalue weighted by Crippen LogP contribution is -2.30. The molecule has 0 radical (unpaired) electrons. The lowest BCUT2D eigenvalue weighted by Gasteiger charge is -2.23. The number of sulfonamides is 1. The number of aromatic nitrogens is 2. The van der Waals surface area contributed by atoms with Gasteiger partial charge in [0, 0.05) is 24.2 Å². The van der Waals surface area contributed by atoms with Crippen LogP contribution in [0.4, 0.5) is 5.69 Å². The van der Waals surface area contributed by atoms with Crippen molar-refractivity contribution < 1.29 is 13.2 Å². The number of hydrogen-bond donors (Lipinski definition) is 0. The van der Waals surface area contributed by atoms with Crippen molar-refractivity contribution in [1.29, 1.82) is 0 Å². The van der Waals surface area contributed by atoms with Crippen molar-refractivity contribution in [3.05, 3.63) is 69.5 Å². The topological polar surface area (TPSA) is 81.5 Å². The Hall–Kier alpha value is -3.13. The summed E-state index contributed by atoms with van der Waals surface area (Å²) in [7, 11) is -2.38. The Morgan fingerprint density at radius 1 is 1.03 bits per heavy atom. The predicted molar refractivity (Wildman–Crippen MR) is 127 cm³/mol. The van der Waals surface area contributed by atoms with E-state index in [2.05, 4.69) is 5.10 Å². The summed E-state index contributed by atoms with van der Waals surface area (Å²) in [4.78, 5) is 12.9. The van der Waals surface area contributed by atoms with Gasteiger partial charge in [-0.25, -0.2) is 13.1 Å². The van der Waals surface area contributed by atoms with Gasteiger partial charge in [0.05, 0.1) is 18.5 Å². The van der Waals surface area contributed by atoms with Gasteiger partial charge < -0.3 is 4.74 Å². The lowest BCUT2D eigenvalue weighted by atomic mass is 9.90. The Morgan fingerprint density at radius 2 is 1.79 bits per heavy atom. The van der Waals surface area contributed by atoms with Crippen LogP contribution in [0.5, 0.6) is 5.75 Å². The zero-order valence-electron chi connectivity index (χ0n) is 18.9. The Morgan fingerprint density at radius 3 is 2.55 bits per heavy atom. The van der Waals surface area contributed by atoms with Crippen LogP contribution in [0.15, 0.2) is 52.2 Å². The molecule has 0 saturated heterocycles. The van der Waals surface area contributed by atoms with E-state index < -0.39 is 10.0 Å². The number of aryl methyl sites for hydroxylation is 1. The van der Waals surface area contributed by atoms with E-state index in [1.807, 2.05) is 37.3 Å². The van der Waals surface area contributed by atoms with Gasteiger partial charge in [0.25, 0.3) is 15.6 Å². The summed E-state index contributed by atoms with van der Waals surface area (Å²) in [5.41, 5.74) is 4.81. The molecule has 33 heavy (non-hydrogen) atoms. The minimum absolute atomic E-state index is 0.0361. The number of para-hydroxylation sites is 1. The minimum Gasteiger partial charge on any atom is -0.495 e. The predicted octanol–water partition coefficient (Wildman–Crippen LogP) is 3.57. The van der Waals surface area contributed by atoms with Crippen LogP contribution >= 0.6 is 0 Å². The number of ether oxygens (including phenoxy) is 1. The summed E-state index contributed by atoms with van der Waals surface area (Å²) in [6, 6.07) is 12.7. The van der Waals surface area contributed by atoms with Gasteiger partial charge in [0.1, 0.15) is 10.6 Å². The first-order valence-electron chi connectivity index (χ1n) is 11.4. The van der Waals surface area contributed by atoms with Crippen LogP contribution < -0.4 is 14.6 Å². The number of anilines is 1. The number of hydrogen-bond acceptors (Lipinski definition) is 5. The van der Waals surface area contributed by atoms with Crippen LogP contribution in [-0.2, 0) is 35.8 Å². The molecule has 2 aromatic carbocycles. The molecule has 2 heterocycles. The van der Waals surface area contributed by atoms with Gasteiger partial charge in [-0.15, -0.1) is 0 Å². The highest BCUT2D eigenvalue weighted by molar-refractivity contribution is 7.93. The van der Waals surface area contributed by atoms with Gasteiger partial charge in [-0.1, -0.05) is 18.2 Å². The number of benzene rings is 2. The maximum Gasteiger partial charge on any atom is 0.270 e. The average molecular weight is 466 g/mol. The summed E-state index contributed by atoms with van der Waals surface area (Å²) in [6.45, 7) is 2.75. The normalized spacial score (nSPS) is 15.3. The highest BCUT2D eigenvalue weighted by Crippen LogP contribution is 2.38. The van der Waals surface area contributed by atoms with Crippen LogP contribution in [-0.4, -0.2) is 31.9 Å². The van der Waals surface area contributed by atoms with E-state index in [1.165, 1.54) is 16.1 Å². The lowest BCUT2D eigenvalue weighted by molar-refractivity contribution is 0.402. The molecule has 1 aliphatic carbocycles. The standard InChI is InChI=1S/C25H27N3O4S/c1-3-27-25(29)20-10-6-5-9-19(20)24(26-27)18-12-13-22(32-2)23(16-18)33(30,31)28-15-14-17-8-4-7-11-21(17)28/h4,7-8,11-13,16H,3,5-6,9-10,14-15H2,1-2H3. The van der Waals surface area contributed by atoms with Crippen molar-refractivity contribution in [2.75, 3.05) is 18.0 Å². The Kier molecular flexibility index (Phi) is 5.48. The van der Waals surface area contributed by atoms with Crippen molar-refractivity contribution in [3.8, 4) is 17.0 Å². The van der Waals surface area contributed by atoms with Gasteiger partial charge >= 0.3 is 0 Å². The fourth-order valence-electron chi connectivity index (χ4n) is 4.93. The third-order valence-corrected chi connectivity index (χ3v) is 8.45. The maximum atomic E-state index is 13.8. The molecule has 0 atom stereocenters. The van der Waals surface area contributed by atoms with Crippen molar-refractivity contribution >= 4 is 15.7 Å². The number of nitrogens with zero attached hydrogens (tertiary/aromatic N) is 3. The van der Waals surface area contributed by atoms with Crippen LogP contribution in [0.1, 0.15) is 36.5 Å². The minimum atomic E-state index is -3.86. The SMILES string of the molecule is CCn1nc(-c2ccc(OC)c(S(=O)(=O)N3CCc4ccccc43)c2)c2c(c1=O)CCCC2. The molecule has 172 valence electrons. The van der Waals surface area contributed by atoms with E-state index in [9.17, 15) is 13.2 Å². The number of rotatable bonds is 5. The van der Waals surface area contributed by atoms with E-state index in [1.54, 1.807) is 12.1 Å². The molecule has 0 fully saturated rings. The summed E-state index contributed by atoms with van der Waals surface area (Å²) >= 11 is 0. The molecule has 0 N–H and O–H groups in total. The molecule has 0 unspecified atom stereocenters. The number of methoxy groups -OCH3 is 1. The van der Waals surface area contributed by atoms with Crippen molar-refractivity contribution in [3.63, 3.8) is 0 Å². The van der Waals surface area contributed by atoms with Gasteiger partial charge in [0.2, 0.25) is 0 Å². The molecule has 7 nitrogen and oxygen atoms in total. The largest absolute Gasteiger partial charge is 0.495 e. The van der Waals surface area contributed by atoms with Crippen molar-refractivity contribution in [1.82, 2.24) is 9.78 Å². The summed E-state index contributed by atoms with van der Waals surface area (Å²) in [6.07, 6.45) is 4.14. The number of fused-ring (bicyclic) bond motifs is 2. The molecule has 0 bridgehead atoms. The van der Waals surface area contributed by atoms with E-state index in [0.29, 0.717) is 42.2 Å². The van der Waals surface area contributed by atoms with E-state index >= 15 is 0 Å². The molecule has 1 aromatic heterocycles. The molecule has 5 rings (SSSR count). The van der Waals surface area contributed by atoms with Crippen molar-refractivity contribution in [2.24, 2.45) is 0 Å². The second-order valence-electron chi connectivity index (χ2n) is 8.46. The van der Waals surface area contributed by atoms with Crippen molar-refractivity contribution in [2.45, 2.75) is 50.5 Å². The fourth-order valence-corrected chi connectivity index (χ4v) is 6.62. The zero-order chi connectivity index (χ0) is 23.2. The van der Waals surface area contributed by atoms with Crippen LogP contribution in [0.25, 0.3) is 11.3 Å². The van der Waals surface area contributed by atoms with E-state index in [0.717, 1.165) is 42.4 Å². The molecular weight excluding hydrogens is 438 g/mol. The second-order valence-corrected chi connectivity index (χ2v) is 10.3. The van der Waals surface area contributed by atoms with E-state index in [-0.39, 0.29) is 10.5 Å². The quantitative estimate of drug-likeness (QED) is 0.575. The summed E-state index contributed by atoms with van der Waals surface area (Å²) in [5, 5.41) is 4.64. The highest BCUT2D eigenvalue weighted by Gasteiger charge is 2.33. The summed E-state index contributed by atoms with van der Waals surface area (Å²) in [5.74, 6) is 0.292. The van der Waals surface area contributed by atoms with Crippen LogP contribution in [0.2, 0.25) is 0 Å². The Bertz CT molecular complexity index is 1400. The summed E-state index contributed by atoms with van der Waals surface area (Å²) < 4.78 is 36.0. The van der Waals surface area contributed by atoms with Gasteiger partial charge in [-0.2, -0.15) is 5.10 Å². The van der Waals surface area contributed by atoms with E-state index in [4.69, 9.17) is 4.74 Å². The smallest absolute Gasteiger partial charge is 0.270 e. The molecule has 0 amide bonds. The molecule has 8 heteroatoms. The Balaban J connectivity index is 1.68. The monoisotopic (exact) mass is 465 g/mol. The first-order chi connectivity index (χ1) is 16.0. The first-order valence-corrected chi connectivity index (χ1v) is 12.8. The van der Waals surface area contributed by atoms with Gasteiger partial charge in [-0.3, -0.25) is 9.10 Å². The Labute approximate surface area is 193 Å². The molecule has 2 aliphatic rings. The third kappa shape index (κ3) is 3.53. The first kappa shape index (κ1) is 21.7. The average Bonchev–Trinajstić information content (AvgIpc) is 3.29. The zero-order valence-corrected chi connectivity index (χ0v) is 19.7.